The van der Waals surface area contributed by atoms with Crippen LogP contribution in [-0.4, -0.2) is 25.7 Å². The number of carbonyl (C=O) groups excluding carboxylic acids is 1. The fourth-order valence-corrected chi connectivity index (χ4v) is 4.56. The number of rotatable bonds is 8. The van der Waals surface area contributed by atoms with E-state index in [1.54, 1.807) is 17.5 Å². The van der Waals surface area contributed by atoms with Crippen LogP contribution in [0.2, 0.25) is 0 Å². The molecule has 0 aliphatic carbocycles. The lowest BCUT2D eigenvalue weighted by molar-refractivity contribution is -0.274. The van der Waals surface area contributed by atoms with Crippen molar-refractivity contribution in [3.05, 3.63) is 65.2 Å². The van der Waals surface area contributed by atoms with Crippen molar-refractivity contribution in [1.29, 1.82) is 0 Å². The summed E-state index contributed by atoms with van der Waals surface area (Å²) in [4.78, 5) is 16.4. The predicted molar refractivity (Wildman–Crippen MR) is 114 cm³/mol. The lowest BCUT2D eigenvalue weighted by Crippen LogP contribution is -2.17. The summed E-state index contributed by atoms with van der Waals surface area (Å²) in [6, 6.07) is 11.1. The molecule has 1 heterocycles. The number of nitrogens with one attached hydrogen (secondary N) is 2. The zero-order valence-electron chi connectivity index (χ0n) is 16.6. The minimum Gasteiger partial charge on any atom is -0.406 e. The molecule has 0 spiro atoms. The molecule has 32 heavy (non-hydrogen) atoms. The maximum absolute atomic E-state index is 12.4. The van der Waals surface area contributed by atoms with Gasteiger partial charge in [-0.3, -0.25) is 9.52 Å². The van der Waals surface area contributed by atoms with Gasteiger partial charge in [0.15, 0.2) is 5.13 Å². The van der Waals surface area contributed by atoms with Crippen LogP contribution in [-0.2, 0) is 21.2 Å². The van der Waals surface area contributed by atoms with Gasteiger partial charge >= 0.3 is 6.36 Å². The number of thiazole rings is 1. The second-order valence-electron chi connectivity index (χ2n) is 6.68. The first-order valence-corrected chi connectivity index (χ1v) is 11.6. The largest absolute Gasteiger partial charge is 0.573 e. The first-order chi connectivity index (χ1) is 15.0. The van der Waals surface area contributed by atoms with E-state index >= 15 is 0 Å². The fraction of sp³-hybridized carbons (Fsp3) is 0.200. The number of amides is 1. The highest BCUT2D eigenvalue weighted by molar-refractivity contribution is 7.93. The van der Waals surface area contributed by atoms with Gasteiger partial charge in [0, 0.05) is 17.5 Å². The van der Waals surface area contributed by atoms with Crippen LogP contribution in [0.1, 0.15) is 17.7 Å². The van der Waals surface area contributed by atoms with Crippen LogP contribution in [0.25, 0.3) is 0 Å². The summed E-state index contributed by atoms with van der Waals surface area (Å²) < 4.78 is 67.5. The summed E-state index contributed by atoms with van der Waals surface area (Å²) >= 11 is 1.10. The zero-order valence-corrected chi connectivity index (χ0v) is 18.3. The Bertz CT molecular complexity index is 1180. The molecule has 3 rings (SSSR count). The van der Waals surface area contributed by atoms with E-state index in [9.17, 15) is 26.4 Å². The Kier molecular flexibility index (Phi) is 7.04. The molecule has 0 radical (unpaired) electrons. The SMILES string of the molecule is Cc1ccc(S(=O)(=O)Nc2nc(CCC(=O)Nc3ccc(OC(F)(F)F)cc3)cs2)cc1. The van der Waals surface area contributed by atoms with E-state index in [1.807, 2.05) is 6.92 Å². The summed E-state index contributed by atoms with van der Waals surface area (Å²) in [5.74, 6) is -0.761. The molecule has 0 bridgehead atoms. The topological polar surface area (TPSA) is 97.4 Å². The first kappa shape index (κ1) is 23.5. The van der Waals surface area contributed by atoms with Crippen molar-refractivity contribution < 1.29 is 31.1 Å². The Morgan fingerprint density at radius 2 is 1.75 bits per heavy atom. The Hall–Kier alpha value is -3.12. The normalized spacial score (nSPS) is 11.8. The van der Waals surface area contributed by atoms with E-state index in [0.717, 1.165) is 29.0 Å². The Morgan fingerprint density at radius 3 is 2.38 bits per heavy atom. The second kappa shape index (κ2) is 9.57. The van der Waals surface area contributed by atoms with Crippen molar-refractivity contribution >= 4 is 38.1 Å². The third-order valence-electron chi connectivity index (χ3n) is 4.08. The quantitative estimate of drug-likeness (QED) is 0.481. The van der Waals surface area contributed by atoms with Crippen molar-refractivity contribution in [2.75, 3.05) is 10.0 Å². The van der Waals surface area contributed by atoms with Gasteiger partial charge in [0.2, 0.25) is 5.91 Å². The molecule has 1 aromatic heterocycles. The third-order valence-corrected chi connectivity index (χ3v) is 6.38. The lowest BCUT2D eigenvalue weighted by atomic mass is 10.2. The number of nitrogens with zero attached hydrogens (tertiary/aromatic N) is 1. The second-order valence-corrected chi connectivity index (χ2v) is 9.22. The summed E-state index contributed by atoms with van der Waals surface area (Å²) in [5.41, 5.74) is 1.78. The van der Waals surface area contributed by atoms with Crippen LogP contribution in [0.5, 0.6) is 5.75 Å². The Morgan fingerprint density at radius 1 is 1.09 bits per heavy atom. The number of hydrogen-bond donors (Lipinski definition) is 2. The van der Waals surface area contributed by atoms with E-state index < -0.39 is 22.1 Å². The summed E-state index contributed by atoms with van der Waals surface area (Å²) in [6.07, 6.45) is -4.48. The molecule has 0 saturated heterocycles. The van der Waals surface area contributed by atoms with E-state index in [0.29, 0.717) is 11.4 Å². The van der Waals surface area contributed by atoms with Crippen molar-refractivity contribution in [1.82, 2.24) is 4.98 Å². The van der Waals surface area contributed by atoms with Crippen molar-refractivity contribution in [2.45, 2.75) is 31.0 Å². The number of carbonyl (C=O) groups is 1. The van der Waals surface area contributed by atoms with Crippen molar-refractivity contribution in [3.63, 3.8) is 0 Å². The average molecular weight is 486 g/mol. The van der Waals surface area contributed by atoms with E-state index in [2.05, 4.69) is 19.8 Å². The first-order valence-electron chi connectivity index (χ1n) is 9.20. The molecule has 170 valence electrons. The van der Waals surface area contributed by atoms with Gasteiger partial charge < -0.3 is 10.1 Å². The molecular weight excluding hydrogens is 467 g/mol. The maximum Gasteiger partial charge on any atom is 0.573 e. The Balaban J connectivity index is 1.51. The van der Waals surface area contributed by atoms with Gasteiger partial charge in [0.1, 0.15) is 5.75 Å². The van der Waals surface area contributed by atoms with Gasteiger partial charge in [0.05, 0.1) is 10.6 Å². The van der Waals surface area contributed by atoms with Crippen molar-refractivity contribution in [3.8, 4) is 5.75 Å². The number of benzene rings is 2. The molecule has 0 fully saturated rings. The molecule has 1 amide bonds. The number of ether oxygens (including phenoxy) is 1. The van der Waals surface area contributed by atoms with E-state index in [-0.39, 0.29) is 28.8 Å². The lowest BCUT2D eigenvalue weighted by Gasteiger charge is -2.09. The van der Waals surface area contributed by atoms with Gasteiger partial charge in [-0.25, -0.2) is 13.4 Å². The van der Waals surface area contributed by atoms with Crippen LogP contribution in [0.15, 0.2) is 58.8 Å². The molecular formula is C20H18F3N3O4S2. The highest BCUT2D eigenvalue weighted by Crippen LogP contribution is 2.24. The van der Waals surface area contributed by atoms with Crippen LogP contribution in [0.4, 0.5) is 24.0 Å². The van der Waals surface area contributed by atoms with Crippen LogP contribution in [0.3, 0.4) is 0 Å². The third kappa shape index (κ3) is 6.95. The van der Waals surface area contributed by atoms with Crippen LogP contribution >= 0.6 is 11.3 Å². The number of alkyl halides is 3. The zero-order chi connectivity index (χ0) is 23.4. The predicted octanol–water partition coefficient (Wildman–Crippen LogP) is 4.72. The van der Waals surface area contributed by atoms with Gasteiger partial charge in [-0.2, -0.15) is 0 Å². The number of aromatic nitrogens is 1. The smallest absolute Gasteiger partial charge is 0.406 e. The Labute approximate surface area is 186 Å². The van der Waals surface area contributed by atoms with E-state index in [4.69, 9.17) is 0 Å². The molecule has 0 unspecified atom stereocenters. The molecule has 0 saturated carbocycles. The molecule has 7 nitrogen and oxygen atoms in total. The van der Waals surface area contributed by atoms with Gasteiger partial charge in [-0.1, -0.05) is 17.7 Å². The van der Waals surface area contributed by atoms with Crippen molar-refractivity contribution in [2.24, 2.45) is 0 Å². The maximum atomic E-state index is 12.4. The number of aryl methyl sites for hydroxylation is 2. The number of halogens is 3. The highest BCUT2D eigenvalue weighted by Gasteiger charge is 2.31. The molecule has 2 N–H and O–H groups in total. The molecule has 0 aliphatic heterocycles. The monoisotopic (exact) mass is 485 g/mol. The standard InChI is InChI=1S/C20H18F3N3O4S2/c1-13-2-9-17(10-3-13)32(28,29)26-19-25-15(12-31-19)6-11-18(27)24-14-4-7-16(8-5-14)30-20(21,22)23/h2-5,7-10,12H,6,11H2,1H3,(H,24,27)(H,25,26). The average Bonchev–Trinajstić information content (AvgIpc) is 3.14. The van der Waals surface area contributed by atoms with Crippen LogP contribution < -0.4 is 14.8 Å². The molecule has 0 aliphatic rings. The minimum atomic E-state index is -4.79. The highest BCUT2D eigenvalue weighted by atomic mass is 32.2. The molecule has 12 heteroatoms. The summed E-state index contributed by atoms with van der Waals surface area (Å²) in [5, 5.41) is 4.39. The summed E-state index contributed by atoms with van der Waals surface area (Å²) in [6.45, 7) is 1.85. The van der Waals surface area contributed by atoms with Crippen LogP contribution in [0, 0.1) is 6.92 Å². The molecule has 0 atom stereocenters. The number of sulfonamides is 1. The van der Waals surface area contributed by atoms with Gasteiger partial charge in [0.25, 0.3) is 10.0 Å². The fourth-order valence-electron chi connectivity index (χ4n) is 2.56. The minimum absolute atomic E-state index is 0.0503. The van der Waals surface area contributed by atoms with E-state index in [1.165, 1.54) is 24.3 Å². The number of hydrogen-bond acceptors (Lipinski definition) is 6. The summed E-state index contributed by atoms with van der Waals surface area (Å²) in [7, 11) is -3.77. The van der Waals surface area contributed by atoms with Gasteiger partial charge in [-0.15, -0.1) is 24.5 Å². The van der Waals surface area contributed by atoms with Gasteiger partial charge in [-0.05, 0) is 49.7 Å². The number of anilines is 2. The molecule has 3 aromatic rings. The molecule has 2 aromatic carbocycles.